The number of halogens is 3. The molecule has 0 radical (unpaired) electrons. The van der Waals surface area contributed by atoms with Crippen molar-refractivity contribution in [2.24, 2.45) is 0 Å². The van der Waals surface area contributed by atoms with Crippen molar-refractivity contribution in [2.75, 3.05) is 26.2 Å². The van der Waals surface area contributed by atoms with Crippen molar-refractivity contribution < 1.29 is 26.4 Å². The minimum Gasteiger partial charge on any atom is -0.336 e. The van der Waals surface area contributed by atoms with E-state index in [4.69, 9.17) is 0 Å². The molecule has 5 nitrogen and oxygen atoms in total. The summed E-state index contributed by atoms with van der Waals surface area (Å²) in [4.78, 5) is 13.9. The molecule has 1 fully saturated rings. The van der Waals surface area contributed by atoms with Crippen LogP contribution in [-0.2, 0) is 10.0 Å². The molecule has 1 aliphatic heterocycles. The van der Waals surface area contributed by atoms with Gasteiger partial charge in [-0.15, -0.1) is 0 Å². The van der Waals surface area contributed by atoms with Crippen molar-refractivity contribution in [3.63, 3.8) is 0 Å². The van der Waals surface area contributed by atoms with E-state index in [0.29, 0.717) is 5.56 Å². The lowest BCUT2D eigenvalue weighted by molar-refractivity contribution is -0.0328. The zero-order chi connectivity index (χ0) is 20.4. The van der Waals surface area contributed by atoms with Gasteiger partial charge >= 0.3 is 5.51 Å². The number of thioether (sulfide) groups is 1. The molecule has 0 aliphatic carbocycles. The van der Waals surface area contributed by atoms with Gasteiger partial charge in [0.25, 0.3) is 5.91 Å². The number of alkyl halides is 3. The Kier molecular flexibility index (Phi) is 6.01. The highest BCUT2D eigenvalue weighted by Gasteiger charge is 2.32. The average Bonchev–Trinajstić information content (AvgIpc) is 2.67. The molecule has 28 heavy (non-hydrogen) atoms. The molecule has 0 bridgehead atoms. The number of carbonyl (C=O) groups is 1. The number of amides is 1. The summed E-state index contributed by atoms with van der Waals surface area (Å²) in [6.45, 7) is 0.740. The highest BCUT2D eigenvalue weighted by atomic mass is 32.2. The van der Waals surface area contributed by atoms with Crippen LogP contribution in [0.1, 0.15) is 10.4 Å². The standard InChI is InChI=1S/C18H17F3N2O3S2/c19-18(20,21)27-15-6-8-16(9-7-15)28(25,26)23-12-10-22(11-13-23)17(24)14-4-2-1-3-5-14/h1-9H,10-13H2. The zero-order valence-corrected chi connectivity index (χ0v) is 16.2. The fraction of sp³-hybridized carbons (Fsp3) is 0.278. The fourth-order valence-corrected chi connectivity index (χ4v) is 4.82. The van der Waals surface area contributed by atoms with Crippen molar-refractivity contribution in [2.45, 2.75) is 15.3 Å². The van der Waals surface area contributed by atoms with Crippen LogP contribution in [0.15, 0.2) is 64.4 Å². The summed E-state index contributed by atoms with van der Waals surface area (Å²) in [6, 6.07) is 13.3. The van der Waals surface area contributed by atoms with E-state index in [-0.39, 0.29) is 53.6 Å². The maximum absolute atomic E-state index is 12.7. The van der Waals surface area contributed by atoms with Crippen LogP contribution in [0.3, 0.4) is 0 Å². The van der Waals surface area contributed by atoms with Crippen molar-refractivity contribution >= 4 is 27.7 Å². The van der Waals surface area contributed by atoms with E-state index in [1.165, 1.54) is 16.4 Å². The maximum Gasteiger partial charge on any atom is 0.446 e. The largest absolute Gasteiger partial charge is 0.446 e. The third-order valence-corrected chi connectivity index (χ3v) is 6.89. The molecule has 0 spiro atoms. The molecule has 0 N–H and O–H groups in total. The number of sulfonamides is 1. The lowest BCUT2D eigenvalue weighted by Gasteiger charge is -2.34. The van der Waals surface area contributed by atoms with Gasteiger partial charge in [-0.05, 0) is 48.2 Å². The monoisotopic (exact) mass is 430 g/mol. The summed E-state index contributed by atoms with van der Waals surface area (Å²) < 4.78 is 63.9. The Morgan fingerprint density at radius 3 is 2.00 bits per heavy atom. The summed E-state index contributed by atoms with van der Waals surface area (Å²) >= 11 is -0.296. The van der Waals surface area contributed by atoms with Gasteiger partial charge in [0.2, 0.25) is 10.0 Å². The van der Waals surface area contributed by atoms with Crippen LogP contribution in [-0.4, -0.2) is 55.2 Å². The molecular formula is C18H17F3N2O3S2. The molecule has 150 valence electrons. The van der Waals surface area contributed by atoms with E-state index in [1.807, 2.05) is 0 Å². The highest BCUT2D eigenvalue weighted by Crippen LogP contribution is 2.37. The Bertz CT molecular complexity index is 925. The first-order chi connectivity index (χ1) is 13.2. The van der Waals surface area contributed by atoms with Crippen molar-refractivity contribution in [3.8, 4) is 0 Å². The predicted molar refractivity (Wildman–Crippen MR) is 99.5 cm³/mol. The first-order valence-electron chi connectivity index (χ1n) is 8.37. The molecule has 3 rings (SSSR count). The molecule has 0 saturated carbocycles. The number of hydrogen-bond donors (Lipinski definition) is 0. The number of benzene rings is 2. The Morgan fingerprint density at radius 2 is 1.46 bits per heavy atom. The van der Waals surface area contributed by atoms with Gasteiger partial charge < -0.3 is 4.90 Å². The Hall–Kier alpha value is -2.04. The first-order valence-corrected chi connectivity index (χ1v) is 10.6. The van der Waals surface area contributed by atoms with Gasteiger partial charge in [0.15, 0.2) is 0 Å². The van der Waals surface area contributed by atoms with Crippen LogP contribution >= 0.6 is 11.8 Å². The number of nitrogens with zero attached hydrogens (tertiary/aromatic N) is 2. The number of piperazine rings is 1. The van der Waals surface area contributed by atoms with Crippen LogP contribution in [0.25, 0.3) is 0 Å². The summed E-state index contributed by atoms with van der Waals surface area (Å²) in [5.41, 5.74) is -3.89. The molecule has 1 amide bonds. The van der Waals surface area contributed by atoms with Gasteiger partial charge in [0, 0.05) is 36.6 Å². The quantitative estimate of drug-likeness (QED) is 0.698. The number of hydrogen-bond acceptors (Lipinski definition) is 4. The third-order valence-electron chi connectivity index (χ3n) is 4.24. The zero-order valence-electron chi connectivity index (χ0n) is 14.6. The normalized spacial score (nSPS) is 16.2. The predicted octanol–water partition coefficient (Wildman–Crippen LogP) is 3.45. The highest BCUT2D eigenvalue weighted by molar-refractivity contribution is 8.00. The molecule has 1 heterocycles. The van der Waals surface area contributed by atoms with E-state index in [1.54, 1.807) is 35.2 Å². The van der Waals surface area contributed by atoms with E-state index in [2.05, 4.69) is 0 Å². The lowest BCUT2D eigenvalue weighted by Crippen LogP contribution is -2.50. The molecule has 1 aliphatic rings. The third kappa shape index (κ3) is 4.86. The maximum atomic E-state index is 12.7. The van der Waals surface area contributed by atoms with Gasteiger partial charge in [-0.2, -0.15) is 17.5 Å². The Morgan fingerprint density at radius 1 is 0.893 bits per heavy atom. The van der Waals surface area contributed by atoms with Gasteiger partial charge in [-0.25, -0.2) is 8.42 Å². The van der Waals surface area contributed by atoms with Gasteiger partial charge in [-0.3, -0.25) is 4.79 Å². The number of rotatable bonds is 4. The lowest BCUT2D eigenvalue weighted by atomic mass is 10.2. The van der Waals surface area contributed by atoms with E-state index >= 15 is 0 Å². The Balaban J connectivity index is 1.65. The second-order valence-electron chi connectivity index (χ2n) is 6.08. The molecular weight excluding hydrogens is 413 g/mol. The van der Waals surface area contributed by atoms with E-state index in [0.717, 1.165) is 12.1 Å². The number of carbonyl (C=O) groups excluding carboxylic acids is 1. The van der Waals surface area contributed by atoms with Crippen molar-refractivity contribution in [3.05, 3.63) is 60.2 Å². The van der Waals surface area contributed by atoms with Crippen LogP contribution in [0.2, 0.25) is 0 Å². The summed E-state index contributed by atoms with van der Waals surface area (Å²) in [6.07, 6.45) is 0. The van der Waals surface area contributed by atoms with Crippen LogP contribution in [0.4, 0.5) is 13.2 Å². The SMILES string of the molecule is O=C(c1ccccc1)N1CCN(S(=O)(=O)c2ccc(SC(F)(F)F)cc2)CC1. The molecule has 0 unspecified atom stereocenters. The first kappa shape index (κ1) is 20.7. The fourth-order valence-electron chi connectivity index (χ4n) is 2.86. The van der Waals surface area contributed by atoms with Crippen LogP contribution in [0.5, 0.6) is 0 Å². The summed E-state index contributed by atoms with van der Waals surface area (Å²) in [5.74, 6) is -0.161. The molecule has 0 atom stereocenters. The van der Waals surface area contributed by atoms with Crippen molar-refractivity contribution in [1.82, 2.24) is 9.21 Å². The van der Waals surface area contributed by atoms with Gasteiger partial charge in [0.1, 0.15) is 0 Å². The molecule has 2 aromatic carbocycles. The van der Waals surface area contributed by atoms with Crippen LogP contribution in [0, 0.1) is 0 Å². The Labute approximate surface area is 165 Å². The average molecular weight is 430 g/mol. The topological polar surface area (TPSA) is 57.7 Å². The smallest absolute Gasteiger partial charge is 0.336 e. The molecule has 10 heteroatoms. The summed E-state index contributed by atoms with van der Waals surface area (Å²) in [5, 5.41) is 0. The minimum atomic E-state index is -4.43. The molecule has 1 saturated heterocycles. The minimum absolute atomic E-state index is 0.0677. The second kappa shape index (κ2) is 8.14. The van der Waals surface area contributed by atoms with E-state index < -0.39 is 15.5 Å². The van der Waals surface area contributed by atoms with E-state index in [9.17, 15) is 26.4 Å². The summed E-state index contributed by atoms with van der Waals surface area (Å²) in [7, 11) is -3.83. The molecule has 0 aromatic heterocycles. The van der Waals surface area contributed by atoms with Crippen LogP contribution < -0.4 is 0 Å². The van der Waals surface area contributed by atoms with Gasteiger partial charge in [0.05, 0.1) is 4.90 Å². The van der Waals surface area contributed by atoms with Gasteiger partial charge in [-0.1, -0.05) is 18.2 Å². The second-order valence-corrected chi connectivity index (χ2v) is 9.16. The molecule has 2 aromatic rings. The van der Waals surface area contributed by atoms with Crippen molar-refractivity contribution in [1.29, 1.82) is 0 Å².